The van der Waals surface area contributed by atoms with Crippen molar-refractivity contribution in [2.24, 2.45) is 0 Å². The van der Waals surface area contributed by atoms with Crippen molar-refractivity contribution in [2.75, 3.05) is 12.4 Å². The summed E-state index contributed by atoms with van der Waals surface area (Å²) in [6.45, 7) is 0.0266. The number of hydrogen-bond donors (Lipinski definition) is 0. The highest BCUT2D eigenvalue weighted by atomic mass is 32.2. The van der Waals surface area contributed by atoms with Gasteiger partial charge in [-0.3, -0.25) is 14.4 Å². The molecule has 130 valence electrons. The zero-order chi connectivity index (χ0) is 18.0. The third-order valence-electron chi connectivity index (χ3n) is 3.37. The molecule has 0 aliphatic carbocycles. The highest BCUT2D eigenvalue weighted by Crippen LogP contribution is 2.29. The molecule has 0 bridgehead atoms. The minimum atomic E-state index is -4.43. The van der Waals surface area contributed by atoms with E-state index >= 15 is 0 Å². The molecule has 1 aliphatic rings. The van der Waals surface area contributed by atoms with Crippen LogP contribution in [0.25, 0.3) is 0 Å². The SMILES string of the molecule is O=C1c2ccccc2C(=O)N1OCCSc1ccc(C(F)(F)F)cn1. The lowest BCUT2D eigenvalue weighted by Crippen LogP contribution is -2.30. The van der Waals surface area contributed by atoms with E-state index in [4.69, 9.17) is 4.84 Å². The first kappa shape index (κ1) is 17.4. The van der Waals surface area contributed by atoms with Crippen LogP contribution in [0, 0.1) is 0 Å². The second-order valence-corrected chi connectivity index (χ2v) is 6.13. The summed E-state index contributed by atoms with van der Waals surface area (Å²) in [6, 6.07) is 8.59. The van der Waals surface area contributed by atoms with E-state index in [-0.39, 0.29) is 17.7 Å². The van der Waals surface area contributed by atoms with Crippen LogP contribution in [-0.2, 0) is 11.0 Å². The summed E-state index contributed by atoms with van der Waals surface area (Å²) in [4.78, 5) is 33.0. The third-order valence-corrected chi connectivity index (χ3v) is 4.28. The average molecular weight is 368 g/mol. The number of hydrogen-bond acceptors (Lipinski definition) is 5. The van der Waals surface area contributed by atoms with Crippen LogP contribution in [0.5, 0.6) is 0 Å². The van der Waals surface area contributed by atoms with E-state index in [2.05, 4.69) is 4.98 Å². The quantitative estimate of drug-likeness (QED) is 0.460. The fourth-order valence-electron chi connectivity index (χ4n) is 2.19. The van der Waals surface area contributed by atoms with Gasteiger partial charge in [-0.2, -0.15) is 13.2 Å². The van der Waals surface area contributed by atoms with Crippen molar-refractivity contribution >= 4 is 23.6 Å². The number of thioether (sulfide) groups is 1. The van der Waals surface area contributed by atoms with Gasteiger partial charge in [0, 0.05) is 11.9 Å². The maximum Gasteiger partial charge on any atom is 0.417 e. The van der Waals surface area contributed by atoms with E-state index in [1.807, 2.05) is 0 Å². The van der Waals surface area contributed by atoms with E-state index in [9.17, 15) is 22.8 Å². The van der Waals surface area contributed by atoms with E-state index in [1.54, 1.807) is 24.3 Å². The van der Waals surface area contributed by atoms with Crippen molar-refractivity contribution in [1.29, 1.82) is 0 Å². The van der Waals surface area contributed by atoms with Crippen LogP contribution in [0.3, 0.4) is 0 Å². The number of halogens is 3. The summed E-state index contributed by atoms with van der Waals surface area (Å²) in [5.41, 5.74) is -0.256. The summed E-state index contributed by atoms with van der Waals surface area (Å²) < 4.78 is 37.3. The number of alkyl halides is 3. The highest BCUT2D eigenvalue weighted by Gasteiger charge is 2.36. The number of nitrogens with zero attached hydrogens (tertiary/aromatic N) is 2. The van der Waals surface area contributed by atoms with Crippen LogP contribution < -0.4 is 0 Å². The first-order valence-corrected chi connectivity index (χ1v) is 8.13. The minimum absolute atomic E-state index is 0.0266. The van der Waals surface area contributed by atoms with Gasteiger partial charge in [-0.15, -0.1) is 16.8 Å². The van der Waals surface area contributed by atoms with Gasteiger partial charge in [0.1, 0.15) is 0 Å². The molecular weight excluding hydrogens is 357 g/mol. The van der Waals surface area contributed by atoms with Crippen molar-refractivity contribution in [2.45, 2.75) is 11.2 Å². The summed E-state index contributed by atoms with van der Waals surface area (Å²) in [7, 11) is 0. The zero-order valence-electron chi connectivity index (χ0n) is 12.6. The van der Waals surface area contributed by atoms with Gasteiger partial charge in [0.25, 0.3) is 11.8 Å². The number of amides is 2. The lowest BCUT2D eigenvalue weighted by Gasteiger charge is -2.13. The molecule has 1 aromatic heterocycles. The van der Waals surface area contributed by atoms with Gasteiger partial charge in [0.15, 0.2) is 0 Å². The molecule has 0 spiro atoms. The number of aromatic nitrogens is 1. The fourth-order valence-corrected chi connectivity index (χ4v) is 2.85. The molecule has 2 aromatic rings. The van der Waals surface area contributed by atoms with E-state index in [1.165, 1.54) is 6.07 Å². The number of benzene rings is 1. The summed E-state index contributed by atoms with van der Waals surface area (Å²) in [5, 5.41) is 1.09. The van der Waals surface area contributed by atoms with Crippen LogP contribution in [0.4, 0.5) is 13.2 Å². The molecular formula is C16H11F3N2O3S. The topological polar surface area (TPSA) is 59.5 Å². The number of rotatable bonds is 5. The van der Waals surface area contributed by atoms with Crippen LogP contribution >= 0.6 is 11.8 Å². The van der Waals surface area contributed by atoms with Crippen molar-refractivity contribution < 1.29 is 27.6 Å². The Morgan fingerprint density at radius 1 is 1.04 bits per heavy atom. The number of imide groups is 1. The average Bonchev–Trinajstić information content (AvgIpc) is 2.83. The molecule has 2 heterocycles. The predicted octanol–water partition coefficient (Wildman–Crippen LogP) is 3.42. The normalized spacial score (nSPS) is 14.1. The van der Waals surface area contributed by atoms with E-state index in [0.717, 1.165) is 24.0 Å². The van der Waals surface area contributed by atoms with Crippen molar-refractivity contribution in [3.05, 3.63) is 59.3 Å². The molecule has 0 fully saturated rings. The number of pyridine rings is 1. The van der Waals surface area contributed by atoms with Crippen molar-refractivity contribution in [3.63, 3.8) is 0 Å². The highest BCUT2D eigenvalue weighted by molar-refractivity contribution is 7.99. The maximum absolute atomic E-state index is 12.4. The molecule has 5 nitrogen and oxygen atoms in total. The molecule has 2 amide bonds. The molecule has 3 rings (SSSR count). The van der Waals surface area contributed by atoms with Crippen molar-refractivity contribution in [3.8, 4) is 0 Å². The number of hydroxylamine groups is 2. The Balaban J connectivity index is 1.51. The lowest BCUT2D eigenvalue weighted by molar-refractivity contribution is -0.137. The van der Waals surface area contributed by atoms with Crippen LogP contribution in [0.1, 0.15) is 26.3 Å². The Bertz CT molecular complexity index is 774. The first-order valence-electron chi connectivity index (χ1n) is 7.14. The van der Waals surface area contributed by atoms with Gasteiger partial charge in [0.2, 0.25) is 0 Å². The smallest absolute Gasteiger partial charge is 0.266 e. The standard InChI is InChI=1S/C16H11F3N2O3S/c17-16(18,19)10-5-6-13(20-9-10)25-8-7-24-21-14(22)11-3-1-2-4-12(11)15(21)23/h1-6,9H,7-8H2. The lowest BCUT2D eigenvalue weighted by atomic mass is 10.1. The molecule has 0 radical (unpaired) electrons. The molecule has 0 atom stereocenters. The second kappa shape index (κ2) is 6.85. The van der Waals surface area contributed by atoms with Gasteiger partial charge in [-0.25, -0.2) is 4.98 Å². The largest absolute Gasteiger partial charge is 0.417 e. The van der Waals surface area contributed by atoms with E-state index < -0.39 is 23.6 Å². The molecule has 25 heavy (non-hydrogen) atoms. The molecule has 1 aliphatic heterocycles. The molecule has 0 saturated carbocycles. The summed E-state index contributed by atoms with van der Waals surface area (Å²) in [6.07, 6.45) is -3.67. The van der Waals surface area contributed by atoms with Crippen LogP contribution in [0.15, 0.2) is 47.6 Å². The van der Waals surface area contributed by atoms with Gasteiger partial charge < -0.3 is 0 Å². The summed E-state index contributed by atoms with van der Waals surface area (Å²) >= 11 is 1.16. The number of carbonyl (C=O) groups excluding carboxylic acids is 2. The first-order chi connectivity index (χ1) is 11.9. The van der Waals surface area contributed by atoms with Crippen LogP contribution in [0.2, 0.25) is 0 Å². The Labute approximate surface area is 144 Å². The van der Waals surface area contributed by atoms with Gasteiger partial charge >= 0.3 is 6.18 Å². The molecule has 1 aromatic carbocycles. The Hall–Kier alpha value is -2.39. The van der Waals surface area contributed by atoms with Gasteiger partial charge in [0.05, 0.1) is 28.3 Å². The summed E-state index contributed by atoms with van der Waals surface area (Å²) in [5.74, 6) is -0.748. The Morgan fingerprint density at radius 3 is 2.20 bits per heavy atom. The number of fused-ring (bicyclic) bond motifs is 1. The minimum Gasteiger partial charge on any atom is -0.266 e. The fraction of sp³-hybridized carbons (Fsp3) is 0.188. The predicted molar refractivity (Wildman–Crippen MR) is 82.9 cm³/mol. The van der Waals surface area contributed by atoms with Gasteiger partial charge in [-0.1, -0.05) is 12.1 Å². The van der Waals surface area contributed by atoms with Crippen molar-refractivity contribution in [1.82, 2.24) is 10.0 Å². The van der Waals surface area contributed by atoms with Crippen LogP contribution in [-0.4, -0.2) is 34.2 Å². The number of carbonyl (C=O) groups is 2. The monoisotopic (exact) mass is 368 g/mol. The third kappa shape index (κ3) is 3.67. The zero-order valence-corrected chi connectivity index (χ0v) is 13.4. The Morgan fingerprint density at radius 2 is 1.68 bits per heavy atom. The molecule has 0 saturated heterocycles. The molecule has 9 heteroatoms. The maximum atomic E-state index is 12.4. The second-order valence-electron chi connectivity index (χ2n) is 5.01. The van der Waals surface area contributed by atoms with Gasteiger partial charge in [-0.05, 0) is 24.3 Å². The Kier molecular flexibility index (Phi) is 4.78. The molecule has 0 unspecified atom stereocenters. The van der Waals surface area contributed by atoms with E-state index in [0.29, 0.717) is 15.8 Å². The molecule has 0 N–H and O–H groups in total.